The first-order valence-electron chi connectivity index (χ1n) is 14.9. The lowest BCUT2D eigenvalue weighted by molar-refractivity contribution is -0.228. The zero-order valence-electron chi connectivity index (χ0n) is 23.9. The smallest absolute Gasteiger partial charge is 0.222 e. The number of rotatable bonds is 8. The van der Waals surface area contributed by atoms with Gasteiger partial charge in [0.2, 0.25) is 5.91 Å². The number of aliphatic hydroxyl groups excluding tert-OH is 3. The van der Waals surface area contributed by atoms with E-state index >= 15 is 0 Å². The van der Waals surface area contributed by atoms with Crippen LogP contribution in [0.4, 0.5) is 0 Å². The average Bonchev–Trinajstić information content (AvgIpc) is 3.21. The van der Waals surface area contributed by atoms with E-state index in [0.29, 0.717) is 12.8 Å². The summed E-state index contributed by atoms with van der Waals surface area (Å²) in [6, 6.07) is 0. The minimum atomic E-state index is -4.36. The van der Waals surface area contributed by atoms with Crippen LogP contribution in [0, 0.1) is 52.3 Å². The Balaban J connectivity index is 1.50. The SMILES string of the molecule is CC[C@H]1[C@@H](O)[C@@H]2[C@H](C[C@H](O)[C@]3(C)[C@@H]([C@H](C)CCC(=O)N(C)CCS(=O)(=O)[O-])CC[C@@H]23)[C@@]2(C)CC[C@@H](O)C[C@@H]12. The van der Waals surface area contributed by atoms with E-state index < -0.39 is 28.1 Å². The van der Waals surface area contributed by atoms with E-state index in [-0.39, 0.29) is 77.2 Å². The fourth-order valence-electron chi connectivity index (χ4n) is 10.0. The Morgan fingerprint density at radius 1 is 1.08 bits per heavy atom. The molecule has 0 bridgehead atoms. The monoisotopic (exact) mass is 556 g/mol. The summed E-state index contributed by atoms with van der Waals surface area (Å²) < 4.78 is 32.8. The molecule has 0 aliphatic heterocycles. The number of nitrogens with zero attached hydrogens (tertiary/aromatic N) is 1. The molecule has 4 fully saturated rings. The van der Waals surface area contributed by atoms with Crippen molar-refractivity contribution >= 4 is 16.0 Å². The topological polar surface area (TPSA) is 138 Å². The third-order valence-corrected chi connectivity index (χ3v) is 12.9. The summed E-state index contributed by atoms with van der Waals surface area (Å²) in [5.74, 6) is 0.716. The second kappa shape index (κ2) is 10.9. The average molecular weight is 557 g/mol. The van der Waals surface area contributed by atoms with Crippen LogP contribution < -0.4 is 0 Å². The molecule has 220 valence electrons. The Kier molecular flexibility index (Phi) is 8.68. The quantitative estimate of drug-likeness (QED) is 0.391. The molecule has 4 rings (SSSR count). The van der Waals surface area contributed by atoms with E-state index in [1.54, 1.807) is 0 Å². The van der Waals surface area contributed by atoms with Crippen LogP contribution in [-0.2, 0) is 14.9 Å². The van der Waals surface area contributed by atoms with Gasteiger partial charge in [0.25, 0.3) is 0 Å². The van der Waals surface area contributed by atoms with Crippen LogP contribution in [-0.4, -0.2) is 76.8 Å². The number of fused-ring (bicyclic) bond motifs is 5. The van der Waals surface area contributed by atoms with Crippen molar-refractivity contribution in [2.75, 3.05) is 19.3 Å². The predicted molar refractivity (Wildman–Crippen MR) is 144 cm³/mol. The Hall–Kier alpha value is -0.740. The zero-order valence-corrected chi connectivity index (χ0v) is 24.7. The summed E-state index contributed by atoms with van der Waals surface area (Å²) >= 11 is 0. The van der Waals surface area contributed by atoms with Crippen LogP contribution in [0.3, 0.4) is 0 Å². The van der Waals surface area contributed by atoms with Crippen LogP contribution in [0.1, 0.15) is 85.5 Å². The van der Waals surface area contributed by atoms with Crippen molar-refractivity contribution in [2.24, 2.45) is 52.3 Å². The molecule has 8 nitrogen and oxygen atoms in total. The van der Waals surface area contributed by atoms with Gasteiger partial charge in [-0.15, -0.1) is 0 Å². The van der Waals surface area contributed by atoms with Crippen molar-refractivity contribution < 1.29 is 33.1 Å². The highest BCUT2D eigenvalue weighted by Gasteiger charge is 2.67. The molecule has 0 saturated heterocycles. The van der Waals surface area contributed by atoms with Crippen LogP contribution in [0.2, 0.25) is 0 Å². The van der Waals surface area contributed by atoms with Crippen LogP contribution in [0.15, 0.2) is 0 Å². The first-order valence-corrected chi connectivity index (χ1v) is 16.4. The number of carbonyl (C=O) groups is 1. The number of carbonyl (C=O) groups excluding carboxylic acids is 1. The van der Waals surface area contributed by atoms with Gasteiger partial charge in [-0.3, -0.25) is 4.79 Å². The molecular weight excluding hydrogens is 506 g/mol. The van der Waals surface area contributed by atoms with E-state index in [9.17, 15) is 33.1 Å². The molecule has 9 heteroatoms. The van der Waals surface area contributed by atoms with Gasteiger partial charge in [-0.25, -0.2) is 8.42 Å². The van der Waals surface area contributed by atoms with Crippen molar-refractivity contribution in [3.05, 3.63) is 0 Å². The number of amides is 1. The third-order valence-electron chi connectivity index (χ3n) is 12.2. The summed E-state index contributed by atoms with van der Waals surface area (Å²) in [5.41, 5.74) is -0.312. The number of hydrogen-bond donors (Lipinski definition) is 3. The molecule has 0 heterocycles. The van der Waals surface area contributed by atoms with Crippen molar-refractivity contribution in [2.45, 2.75) is 104 Å². The molecule has 0 spiro atoms. The Morgan fingerprint density at radius 3 is 2.39 bits per heavy atom. The van der Waals surface area contributed by atoms with Gasteiger partial charge in [-0.05, 0) is 97.2 Å². The first-order chi connectivity index (χ1) is 17.6. The molecule has 3 N–H and O–H groups in total. The normalized spacial score (nSPS) is 45.6. The van der Waals surface area contributed by atoms with Crippen LogP contribution >= 0.6 is 0 Å². The third kappa shape index (κ3) is 5.19. The highest BCUT2D eigenvalue weighted by Crippen LogP contribution is 2.69. The molecule has 12 atom stereocenters. The second-order valence-corrected chi connectivity index (χ2v) is 15.3. The molecule has 0 aromatic heterocycles. The van der Waals surface area contributed by atoms with Gasteiger partial charge < -0.3 is 24.8 Å². The van der Waals surface area contributed by atoms with Gasteiger partial charge in [0.15, 0.2) is 0 Å². The van der Waals surface area contributed by atoms with Crippen molar-refractivity contribution in [3.8, 4) is 0 Å². The van der Waals surface area contributed by atoms with Crippen LogP contribution in [0.25, 0.3) is 0 Å². The number of hydrogen-bond acceptors (Lipinski definition) is 7. The van der Waals surface area contributed by atoms with Gasteiger partial charge >= 0.3 is 0 Å². The maximum absolute atomic E-state index is 12.6. The molecule has 0 aromatic carbocycles. The predicted octanol–water partition coefficient (Wildman–Crippen LogP) is 3.00. The first kappa shape index (κ1) is 30.2. The Labute approximate surface area is 229 Å². The van der Waals surface area contributed by atoms with Gasteiger partial charge in [0.1, 0.15) is 0 Å². The standard InChI is InChI=1S/C29H51NO7S/c1-6-19-22-15-18(31)11-12-28(22,3)23-16-24(32)29(4)20(8-9-21(29)26(23)27(19)34)17(2)7-10-25(33)30(5)13-14-38(35,36)37/h17-24,26-27,31-32,34H,6-16H2,1-5H3,(H,35,36,37)/p-1/t17-,18-,19-,20-,21+,22+,23+,24+,26+,27-,28+,29-/m1/s1. The maximum atomic E-state index is 12.6. The van der Waals surface area contributed by atoms with Crippen molar-refractivity contribution in [1.29, 1.82) is 0 Å². The molecule has 0 aromatic rings. The van der Waals surface area contributed by atoms with E-state index in [1.165, 1.54) is 11.9 Å². The summed E-state index contributed by atoms with van der Waals surface area (Å²) in [6.45, 7) is 8.79. The summed E-state index contributed by atoms with van der Waals surface area (Å²) in [7, 11) is -2.83. The molecule has 0 unspecified atom stereocenters. The molecule has 4 saturated carbocycles. The highest BCUT2D eigenvalue weighted by molar-refractivity contribution is 7.85. The van der Waals surface area contributed by atoms with Crippen LogP contribution in [0.5, 0.6) is 0 Å². The van der Waals surface area contributed by atoms with Crippen molar-refractivity contribution in [3.63, 3.8) is 0 Å². The summed E-state index contributed by atoms with van der Waals surface area (Å²) in [6.07, 6.45) is 5.72. The summed E-state index contributed by atoms with van der Waals surface area (Å²) in [5, 5.41) is 34.1. The minimum Gasteiger partial charge on any atom is -0.748 e. The van der Waals surface area contributed by atoms with Gasteiger partial charge in [0, 0.05) is 20.0 Å². The van der Waals surface area contributed by atoms with E-state index in [0.717, 1.165) is 38.5 Å². The molecule has 1 amide bonds. The Morgan fingerprint density at radius 2 is 1.76 bits per heavy atom. The summed E-state index contributed by atoms with van der Waals surface area (Å²) in [4.78, 5) is 13.9. The van der Waals surface area contributed by atoms with Gasteiger partial charge in [-0.2, -0.15) is 0 Å². The van der Waals surface area contributed by atoms with Gasteiger partial charge in [-0.1, -0.05) is 34.1 Å². The highest BCUT2D eigenvalue weighted by atomic mass is 32.2. The lowest BCUT2D eigenvalue weighted by Crippen LogP contribution is -2.65. The molecule has 38 heavy (non-hydrogen) atoms. The molecular formula is C29H50NO7S-. The fourth-order valence-corrected chi connectivity index (χ4v) is 10.5. The van der Waals surface area contributed by atoms with E-state index in [2.05, 4.69) is 27.7 Å². The Bertz CT molecular complexity index is 974. The number of aliphatic hydroxyl groups is 3. The largest absolute Gasteiger partial charge is 0.748 e. The fraction of sp³-hybridized carbons (Fsp3) is 0.966. The molecule has 4 aliphatic carbocycles. The van der Waals surface area contributed by atoms with Gasteiger partial charge in [0.05, 0.1) is 34.2 Å². The minimum absolute atomic E-state index is 0.0182. The maximum Gasteiger partial charge on any atom is 0.222 e. The van der Waals surface area contributed by atoms with Crippen molar-refractivity contribution in [1.82, 2.24) is 4.90 Å². The molecule has 4 aliphatic rings. The lowest BCUT2D eigenvalue weighted by Gasteiger charge is -2.65. The van der Waals surface area contributed by atoms with E-state index in [1.807, 2.05) is 0 Å². The zero-order chi connectivity index (χ0) is 28.2. The molecule has 0 radical (unpaired) electrons. The second-order valence-electron chi connectivity index (χ2n) is 13.8. The lowest BCUT2D eigenvalue weighted by atomic mass is 9.41. The van der Waals surface area contributed by atoms with E-state index in [4.69, 9.17) is 0 Å².